The molecule has 0 bridgehead atoms. The van der Waals surface area contributed by atoms with E-state index in [2.05, 4.69) is 25.9 Å². The van der Waals surface area contributed by atoms with E-state index in [-0.39, 0.29) is 5.95 Å². The summed E-state index contributed by atoms with van der Waals surface area (Å²) in [6.07, 6.45) is 4.14. The minimum Gasteiger partial charge on any atom is -0.473 e. The number of hydrogen-bond donors (Lipinski definition) is 1. The Labute approximate surface area is 78.3 Å². The van der Waals surface area contributed by atoms with Crippen LogP contribution in [0.1, 0.15) is 12.8 Å². The normalized spacial score (nSPS) is 16.1. The third-order valence-electron chi connectivity index (χ3n) is 1.53. The van der Waals surface area contributed by atoms with E-state index in [0.717, 1.165) is 17.3 Å². The number of aromatic nitrogens is 2. The standard InChI is InChI=1S/C7H8BrN3O/c8-5-3-10-7(9)11-6(5)12-4-1-2-4/h3-4H,1-2H2,(H2,9,10,11). The van der Waals surface area contributed by atoms with Crippen molar-refractivity contribution < 1.29 is 4.74 Å². The smallest absolute Gasteiger partial charge is 0.233 e. The molecule has 0 aromatic carbocycles. The highest BCUT2D eigenvalue weighted by Gasteiger charge is 2.25. The van der Waals surface area contributed by atoms with Crippen molar-refractivity contribution in [3.8, 4) is 5.88 Å². The van der Waals surface area contributed by atoms with Gasteiger partial charge in [0.2, 0.25) is 11.8 Å². The molecule has 12 heavy (non-hydrogen) atoms. The molecule has 0 spiro atoms. The molecule has 1 aliphatic carbocycles. The highest BCUT2D eigenvalue weighted by molar-refractivity contribution is 9.10. The number of nitrogens with two attached hydrogens (primary N) is 1. The zero-order chi connectivity index (χ0) is 8.55. The average Bonchev–Trinajstić information content (AvgIpc) is 2.81. The third kappa shape index (κ3) is 1.66. The summed E-state index contributed by atoms with van der Waals surface area (Å²) in [5, 5.41) is 0. The van der Waals surface area contributed by atoms with Crippen LogP contribution in [0.15, 0.2) is 10.7 Å². The molecular weight excluding hydrogens is 222 g/mol. The molecule has 4 nitrogen and oxygen atoms in total. The highest BCUT2D eigenvalue weighted by Crippen LogP contribution is 2.30. The zero-order valence-corrected chi connectivity index (χ0v) is 7.91. The summed E-state index contributed by atoms with van der Waals surface area (Å²) < 4.78 is 6.21. The third-order valence-corrected chi connectivity index (χ3v) is 2.08. The maximum Gasteiger partial charge on any atom is 0.233 e. The fourth-order valence-electron chi connectivity index (χ4n) is 0.791. The Morgan fingerprint density at radius 1 is 1.58 bits per heavy atom. The molecule has 0 saturated heterocycles. The van der Waals surface area contributed by atoms with Gasteiger partial charge in [0, 0.05) is 0 Å². The minimum absolute atomic E-state index is 0.244. The van der Waals surface area contributed by atoms with Crippen LogP contribution < -0.4 is 10.5 Å². The van der Waals surface area contributed by atoms with Crippen LogP contribution in [0, 0.1) is 0 Å². The lowest BCUT2D eigenvalue weighted by Crippen LogP contribution is -2.02. The number of nitrogen functional groups attached to an aromatic ring is 1. The summed E-state index contributed by atoms with van der Waals surface area (Å²) in [5.74, 6) is 0.791. The first-order valence-corrected chi connectivity index (χ1v) is 4.49. The Morgan fingerprint density at radius 3 is 3.00 bits per heavy atom. The molecule has 1 heterocycles. The molecular formula is C7H8BrN3O. The van der Waals surface area contributed by atoms with Crippen LogP contribution in [0.25, 0.3) is 0 Å². The van der Waals surface area contributed by atoms with Crippen LogP contribution >= 0.6 is 15.9 Å². The second kappa shape index (κ2) is 2.90. The number of nitrogens with zero attached hydrogens (tertiary/aromatic N) is 2. The number of halogens is 1. The van der Waals surface area contributed by atoms with Gasteiger partial charge in [-0.05, 0) is 28.8 Å². The molecule has 1 aromatic heterocycles. The summed E-state index contributed by atoms with van der Waals surface area (Å²) in [7, 11) is 0. The van der Waals surface area contributed by atoms with E-state index in [4.69, 9.17) is 10.5 Å². The first kappa shape index (κ1) is 7.79. The Kier molecular flexibility index (Phi) is 1.88. The van der Waals surface area contributed by atoms with Crippen molar-refractivity contribution in [3.63, 3.8) is 0 Å². The second-order valence-corrected chi connectivity index (χ2v) is 3.55. The van der Waals surface area contributed by atoms with Crippen molar-refractivity contribution in [3.05, 3.63) is 10.7 Å². The van der Waals surface area contributed by atoms with E-state index < -0.39 is 0 Å². The number of rotatable bonds is 2. The first-order valence-electron chi connectivity index (χ1n) is 3.70. The maximum atomic E-state index is 5.46. The van der Waals surface area contributed by atoms with Gasteiger partial charge in [-0.15, -0.1) is 0 Å². The molecule has 0 atom stereocenters. The quantitative estimate of drug-likeness (QED) is 0.833. The van der Waals surface area contributed by atoms with Crippen molar-refractivity contribution in [2.75, 3.05) is 5.73 Å². The van der Waals surface area contributed by atoms with Gasteiger partial charge in [0.15, 0.2) is 0 Å². The van der Waals surface area contributed by atoms with Gasteiger partial charge >= 0.3 is 0 Å². The van der Waals surface area contributed by atoms with E-state index in [1.807, 2.05) is 0 Å². The van der Waals surface area contributed by atoms with Crippen LogP contribution in [0.5, 0.6) is 5.88 Å². The Bertz CT molecular complexity index is 301. The van der Waals surface area contributed by atoms with Gasteiger partial charge in [0.1, 0.15) is 6.10 Å². The summed E-state index contributed by atoms with van der Waals surface area (Å²) in [6.45, 7) is 0. The van der Waals surface area contributed by atoms with E-state index in [0.29, 0.717) is 12.0 Å². The van der Waals surface area contributed by atoms with Crippen molar-refractivity contribution >= 4 is 21.9 Å². The molecule has 0 aliphatic heterocycles. The largest absolute Gasteiger partial charge is 0.473 e. The fraction of sp³-hybridized carbons (Fsp3) is 0.429. The van der Waals surface area contributed by atoms with Gasteiger partial charge in [-0.1, -0.05) is 0 Å². The Balaban J connectivity index is 2.21. The molecule has 0 unspecified atom stereocenters. The van der Waals surface area contributed by atoms with Gasteiger partial charge in [-0.25, -0.2) is 4.98 Å². The molecule has 1 aliphatic rings. The summed E-state index contributed by atoms with van der Waals surface area (Å²) in [5.41, 5.74) is 5.40. The molecule has 2 rings (SSSR count). The molecule has 1 fully saturated rings. The molecule has 5 heteroatoms. The first-order chi connectivity index (χ1) is 5.75. The Morgan fingerprint density at radius 2 is 2.33 bits per heavy atom. The van der Waals surface area contributed by atoms with E-state index in [9.17, 15) is 0 Å². The number of ether oxygens (including phenoxy) is 1. The highest BCUT2D eigenvalue weighted by atomic mass is 79.9. The lowest BCUT2D eigenvalue weighted by molar-refractivity contribution is 0.289. The molecule has 1 aromatic rings. The van der Waals surface area contributed by atoms with Crippen molar-refractivity contribution in [2.45, 2.75) is 18.9 Å². The molecule has 0 radical (unpaired) electrons. The summed E-state index contributed by atoms with van der Waals surface area (Å²) >= 11 is 3.28. The average molecular weight is 230 g/mol. The predicted octanol–water partition coefficient (Wildman–Crippen LogP) is 1.36. The molecule has 0 amide bonds. The van der Waals surface area contributed by atoms with Gasteiger partial charge in [0.05, 0.1) is 10.7 Å². The van der Waals surface area contributed by atoms with Gasteiger partial charge in [-0.3, -0.25) is 0 Å². The number of anilines is 1. The van der Waals surface area contributed by atoms with Gasteiger partial charge in [-0.2, -0.15) is 4.98 Å². The number of hydrogen-bond acceptors (Lipinski definition) is 4. The van der Waals surface area contributed by atoms with E-state index in [1.54, 1.807) is 6.20 Å². The lowest BCUT2D eigenvalue weighted by Gasteiger charge is -2.04. The van der Waals surface area contributed by atoms with Gasteiger partial charge < -0.3 is 10.5 Å². The van der Waals surface area contributed by atoms with Crippen LogP contribution in [-0.4, -0.2) is 16.1 Å². The maximum absolute atomic E-state index is 5.46. The van der Waals surface area contributed by atoms with Crippen LogP contribution in [0.4, 0.5) is 5.95 Å². The molecule has 64 valence electrons. The topological polar surface area (TPSA) is 61.0 Å². The minimum atomic E-state index is 0.244. The van der Waals surface area contributed by atoms with E-state index >= 15 is 0 Å². The van der Waals surface area contributed by atoms with Gasteiger partial charge in [0.25, 0.3) is 0 Å². The summed E-state index contributed by atoms with van der Waals surface area (Å²) in [4.78, 5) is 7.76. The SMILES string of the molecule is Nc1ncc(Br)c(OC2CC2)n1. The fourth-order valence-corrected chi connectivity index (χ4v) is 1.08. The van der Waals surface area contributed by atoms with E-state index in [1.165, 1.54) is 0 Å². The van der Waals surface area contributed by atoms with Crippen LogP contribution in [-0.2, 0) is 0 Å². The van der Waals surface area contributed by atoms with Crippen LogP contribution in [0.2, 0.25) is 0 Å². The van der Waals surface area contributed by atoms with Crippen molar-refractivity contribution in [2.24, 2.45) is 0 Å². The Hall–Kier alpha value is -0.840. The lowest BCUT2D eigenvalue weighted by atomic mass is 10.6. The van der Waals surface area contributed by atoms with Crippen molar-refractivity contribution in [1.82, 2.24) is 9.97 Å². The predicted molar refractivity (Wildman–Crippen MR) is 47.8 cm³/mol. The van der Waals surface area contributed by atoms with Crippen molar-refractivity contribution in [1.29, 1.82) is 0 Å². The molecule has 2 N–H and O–H groups in total. The van der Waals surface area contributed by atoms with Crippen LogP contribution in [0.3, 0.4) is 0 Å². The molecule has 1 saturated carbocycles. The second-order valence-electron chi connectivity index (χ2n) is 2.70. The summed E-state index contributed by atoms with van der Waals surface area (Å²) in [6, 6.07) is 0. The zero-order valence-electron chi connectivity index (χ0n) is 6.33. The monoisotopic (exact) mass is 229 g/mol.